The minimum atomic E-state index is -1.15. The maximum atomic E-state index is 12.2. The van der Waals surface area contributed by atoms with Crippen LogP contribution in [0.3, 0.4) is 0 Å². The first-order valence-electron chi connectivity index (χ1n) is 2.89. The smallest absolute Gasteiger partial charge is 0.169 e. The van der Waals surface area contributed by atoms with Gasteiger partial charge in [-0.05, 0) is 12.8 Å². The standard InChI is InChI=1S/C6H9FO/c1-4-2-3-5(7)6(4)8/h4-5H,2-3H2,1H3/t4-,5+/m1/s1. The third kappa shape index (κ3) is 0.746. The van der Waals surface area contributed by atoms with Gasteiger partial charge in [0.1, 0.15) is 0 Å². The van der Waals surface area contributed by atoms with Crippen LogP contribution in [0.5, 0.6) is 0 Å². The van der Waals surface area contributed by atoms with Gasteiger partial charge in [0.15, 0.2) is 12.0 Å². The van der Waals surface area contributed by atoms with Crippen LogP contribution in [0.2, 0.25) is 0 Å². The van der Waals surface area contributed by atoms with Gasteiger partial charge in [0.25, 0.3) is 0 Å². The third-order valence-electron chi connectivity index (χ3n) is 1.65. The lowest BCUT2D eigenvalue weighted by Gasteiger charge is -1.93. The Bertz CT molecular complexity index is 99.1. The number of hydrogen-bond donors (Lipinski definition) is 0. The van der Waals surface area contributed by atoms with E-state index in [4.69, 9.17) is 0 Å². The molecule has 8 heavy (non-hydrogen) atoms. The van der Waals surface area contributed by atoms with Gasteiger partial charge in [0.2, 0.25) is 0 Å². The first-order chi connectivity index (χ1) is 3.72. The van der Waals surface area contributed by atoms with Crippen molar-refractivity contribution >= 4 is 5.78 Å². The molecular weight excluding hydrogens is 107 g/mol. The van der Waals surface area contributed by atoms with Crippen LogP contribution in [-0.2, 0) is 4.79 Å². The Morgan fingerprint density at radius 1 is 1.62 bits per heavy atom. The molecule has 0 aromatic heterocycles. The van der Waals surface area contributed by atoms with Crippen LogP contribution < -0.4 is 0 Å². The Morgan fingerprint density at radius 3 is 2.38 bits per heavy atom. The number of carbonyl (C=O) groups excluding carboxylic acids is 1. The largest absolute Gasteiger partial charge is 0.296 e. The molecule has 46 valence electrons. The Morgan fingerprint density at radius 2 is 2.25 bits per heavy atom. The molecule has 0 aliphatic heterocycles. The predicted octanol–water partition coefficient (Wildman–Crippen LogP) is 1.32. The molecule has 0 radical (unpaired) electrons. The lowest BCUT2D eigenvalue weighted by atomic mass is 10.1. The van der Waals surface area contributed by atoms with Crippen LogP contribution >= 0.6 is 0 Å². The second-order valence-electron chi connectivity index (χ2n) is 2.35. The van der Waals surface area contributed by atoms with Gasteiger partial charge >= 0.3 is 0 Å². The summed E-state index contributed by atoms with van der Waals surface area (Å²) in [7, 11) is 0. The summed E-state index contributed by atoms with van der Waals surface area (Å²) in [6.07, 6.45) is 0.0324. The maximum Gasteiger partial charge on any atom is 0.169 e. The van der Waals surface area contributed by atoms with E-state index < -0.39 is 6.17 Å². The highest BCUT2D eigenvalue weighted by atomic mass is 19.1. The van der Waals surface area contributed by atoms with E-state index in [9.17, 15) is 9.18 Å². The Hall–Kier alpha value is -0.400. The van der Waals surface area contributed by atoms with Crippen molar-refractivity contribution < 1.29 is 9.18 Å². The highest BCUT2D eigenvalue weighted by molar-refractivity contribution is 5.86. The molecule has 1 aliphatic rings. The predicted molar refractivity (Wildman–Crippen MR) is 28.3 cm³/mol. The molecule has 1 nitrogen and oxygen atoms in total. The summed E-state index contributed by atoms with van der Waals surface area (Å²) in [5.74, 6) is -0.227. The molecule has 0 bridgehead atoms. The lowest BCUT2D eigenvalue weighted by Crippen LogP contribution is -2.11. The first kappa shape index (κ1) is 5.73. The molecule has 2 atom stereocenters. The molecule has 0 spiro atoms. The van der Waals surface area contributed by atoms with Crippen LogP contribution in [0.4, 0.5) is 4.39 Å². The average molecular weight is 116 g/mol. The van der Waals surface area contributed by atoms with Gasteiger partial charge in [0.05, 0.1) is 0 Å². The zero-order chi connectivity index (χ0) is 6.15. The number of halogens is 1. The quantitative estimate of drug-likeness (QED) is 0.466. The van der Waals surface area contributed by atoms with Crippen LogP contribution in [0.25, 0.3) is 0 Å². The van der Waals surface area contributed by atoms with Crippen LogP contribution in [0.1, 0.15) is 19.8 Å². The van der Waals surface area contributed by atoms with Crippen molar-refractivity contribution in [2.75, 3.05) is 0 Å². The molecule has 0 N–H and O–H groups in total. The molecule has 1 fully saturated rings. The Labute approximate surface area is 47.9 Å². The molecule has 1 rings (SSSR count). The molecule has 0 unspecified atom stereocenters. The van der Waals surface area contributed by atoms with Crippen molar-refractivity contribution in [3.63, 3.8) is 0 Å². The van der Waals surface area contributed by atoms with E-state index in [1.165, 1.54) is 0 Å². The highest BCUT2D eigenvalue weighted by Gasteiger charge is 2.30. The normalized spacial score (nSPS) is 38.5. The van der Waals surface area contributed by atoms with Crippen molar-refractivity contribution in [1.29, 1.82) is 0 Å². The van der Waals surface area contributed by atoms with Gasteiger partial charge in [-0.1, -0.05) is 6.92 Å². The Kier molecular flexibility index (Phi) is 1.32. The topological polar surface area (TPSA) is 17.1 Å². The fraction of sp³-hybridized carbons (Fsp3) is 0.833. The van der Waals surface area contributed by atoms with Crippen molar-refractivity contribution in [2.24, 2.45) is 5.92 Å². The summed E-state index contributed by atoms with van der Waals surface area (Å²) in [5, 5.41) is 0. The van der Waals surface area contributed by atoms with Crippen LogP contribution in [-0.4, -0.2) is 12.0 Å². The highest BCUT2D eigenvalue weighted by Crippen LogP contribution is 2.22. The number of carbonyl (C=O) groups is 1. The van der Waals surface area contributed by atoms with Crippen molar-refractivity contribution in [3.05, 3.63) is 0 Å². The third-order valence-corrected chi connectivity index (χ3v) is 1.65. The zero-order valence-electron chi connectivity index (χ0n) is 4.86. The molecule has 1 aliphatic carbocycles. The van der Waals surface area contributed by atoms with Crippen molar-refractivity contribution in [2.45, 2.75) is 25.9 Å². The van der Waals surface area contributed by atoms with Crippen molar-refractivity contribution in [3.8, 4) is 0 Å². The molecule has 1 saturated carbocycles. The van der Waals surface area contributed by atoms with E-state index in [2.05, 4.69) is 0 Å². The van der Waals surface area contributed by atoms with Gasteiger partial charge in [-0.3, -0.25) is 4.79 Å². The molecule has 2 heteroatoms. The van der Waals surface area contributed by atoms with Crippen molar-refractivity contribution in [1.82, 2.24) is 0 Å². The number of ketones is 1. The van der Waals surface area contributed by atoms with E-state index >= 15 is 0 Å². The summed E-state index contributed by atoms with van der Waals surface area (Å²) < 4.78 is 12.2. The van der Waals surface area contributed by atoms with E-state index in [1.807, 2.05) is 0 Å². The summed E-state index contributed by atoms with van der Waals surface area (Å²) in [6.45, 7) is 1.78. The summed E-state index contributed by atoms with van der Waals surface area (Å²) >= 11 is 0. The number of Topliss-reactive ketones (excluding diaryl/α,β-unsaturated/α-hetero) is 1. The molecule has 0 aromatic carbocycles. The maximum absolute atomic E-state index is 12.2. The van der Waals surface area contributed by atoms with E-state index in [0.29, 0.717) is 6.42 Å². The van der Waals surface area contributed by atoms with E-state index in [1.54, 1.807) is 6.92 Å². The van der Waals surface area contributed by atoms with Gasteiger partial charge in [-0.15, -0.1) is 0 Å². The monoisotopic (exact) mass is 116 g/mol. The van der Waals surface area contributed by atoms with E-state index in [0.717, 1.165) is 6.42 Å². The fourth-order valence-electron chi connectivity index (χ4n) is 0.990. The minimum absolute atomic E-state index is 0.0231. The second kappa shape index (κ2) is 1.84. The molecule has 0 saturated heterocycles. The number of rotatable bonds is 0. The molecule has 0 amide bonds. The fourth-order valence-corrected chi connectivity index (χ4v) is 0.990. The Balaban J connectivity index is 2.57. The molecule has 0 heterocycles. The zero-order valence-corrected chi connectivity index (χ0v) is 4.86. The number of hydrogen-bond acceptors (Lipinski definition) is 1. The first-order valence-corrected chi connectivity index (χ1v) is 2.89. The van der Waals surface area contributed by atoms with Gasteiger partial charge in [0, 0.05) is 5.92 Å². The summed E-state index contributed by atoms with van der Waals surface area (Å²) in [4.78, 5) is 10.5. The summed E-state index contributed by atoms with van der Waals surface area (Å²) in [6, 6.07) is 0. The second-order valence-corrected chi connectivity index (χ2v) is 2.35. The van der Waals surface area contributed by atoms with Crippen LogP contribution in [0, 0.1) is 5.92 Å². The van der Waals surface area contributed by atoms with Gasteiger partial charge in [-0.2, -0.15) is 0 Å². The van der Waals surface area contributed by atoms with Crippen LogP contribution in [0.15, 0.2) is 0 Å². The lowest BCUT2D eigenvalue weighted by molar-refractivity contribution is -0.124. The van der Waals surface area contributed by atoms with E-state index in [-0.39, 0.29) is 11.7 Å². The molecular formula is C6H9FO. The summed E-state index contributed by atoms with van der Waals surface area (Å²) in [5.41, 5.74) is 0. The SMILES string of the molecule is C[C@@H]1CC[C@H](F)C1=O. The van der Waals surface area contributed by atoms with Gasteiger partial charge in [-0.25, -0.2) is 4.39 Å². The molecule has 0 aromatic rings. The van der Waals surface area contributed by atoms with Gasteiger partial charge < -0.3 is 0 Å². The average Bonchev–Trinajstić information content (AvgIpc) is 1.98. The minimum Gasteiger partial charge on any atom is -0.296 e. The number of alkyl halides is 1.